The summed E-state index contributed by atoms with van der Waals surface area (Å²) in [5, 5.41) is 0. The maximum Gasteiger partial charge on any atom is 0.274 e. The highest BCUT2D eigenvalue weighted by Gasteiger charge is 2.36. The average molecular weight is 424 g/mol. The Labute approximate surface area is 181 Å². The van der Waals surface area contributed by atoms with E-state index in [2.05, 4.69) is 9.97 Å². The van der Waals surface area contributed by atoms with Crippen LogP contribution in [0.15, 0.2) is 35.5 Å². The van der Waals surface area contributed by atoms with E-state index in [-0.39, 0.29) is 23.4 Å². The number of aryl methyl sites for hydroxylation is 2. The molecule has 2 aromatic heterocycles. The van der Waals surface area contributed by atoms with E-state index in [4.69, 9.17) is 0 Å². The van der Waals surface area contributed by atoms with Crippen molar-refractivity contribution in [3.05, 3.63) is 58.0 Å². The van der Waals surface area contributed by atoms with Gasteiger partial charge >= 0.3 is 0 Å². The standard InChI is InChI=1S/C23H29N5O3/c1-16-13-25-19(14-24-16)23(31)28-10-4-3-5-20(28)17-8-11-27(12-9-17)22(30)18-6-7-21(29)26(2)15-18/h6-7,13-15,17,20H,3-5,8-12H2,1-2H3/t20-/m1/s1. The lowest BCUT2D eigenvalue weighted by Crippen LogP contribution is -2.51. The molecule has 4 rings (SSSR count). The molecule has 2 aromatic rings. The predicted molar refractivity (Wildman–Crippen MR) is 116 cm³/mol. The van der Waals surface area contributed by atoms with Crippen LogP contribution in [-0.2, 0) is 7.05 Å². The van der Waals surface area contributed by atoms with Crippen molar-refractivity contribution in [3.8, 4) is 0 Å². The molecule has 2 fully saturated rings. The topological polar surface area (TPSA) is 88.4 Å². The Balaban J connectivity index is 1.42. The van der Waals surface area contributed by atoms with Gasteiger partial charge in [-0.1, -0.05) is 0 Å². The third kappa shape index (κ3) is 4.52. The fourth-order valence-electron chi connectivity index (χ4n) is 4.74. The molecule has 2 aliphatic rings. The molecule has 164 valence electrons. The summed E-state index contributed by atoms with van der Waals surface area (Å²) in [7, 11) is 1.65. The van der Waals surface area contributed by atoms with Crippen molar-refractivity contribution in [2.75, 3.05) is 19.6 Å². The van der Waals surface area contributed by atoms with Crippen molar-refractivity contribution in [1.29, 1.82) is 0 Å². The molecule has 1 atom stereocenters. The van der Waals surface area contributed by atoms with Crippen LogP contribution in [0.2, 0.25) is 0 Å². The minimum Gasteiger partial charge on any atom is -0.339 e. The molecule has 0 radical (unpaired) electrons. The number of rotatable bonds is 3. The van der Waals surface area contributed by atoms with Gasteiger partial charge < -0.3 is 14.4 Å². The SMILES string of the molecule is Cc1cnc(C(=O)N2CCCC[C@@H]2C2CCN(C(=O)c3ccc(=O)n(C)c3)CC2)cn1. The second kappa shape index (κ2) is 8.99. The highest BCUT2D eigenvalue weighted by Crippen LogP contribution is 2.31. The van der Waals surface area contributed by atoms with Crippen LogP contribution >= 0.6 is 0 Å². The van der Waals surface area contributed by atoms with Crippen molar-refractivity contribution in [3.63, 3.8) is 0 Å². The minimum absolute atomic E-state index is 0.0408. The zero-order chi connectivity index (χ0) is 22.0. The quantitative estimate of drug-likeness (QED) is 0.754. The van der Waals surface area contributed by atoms with Gasteiger partial charge in [0.1, 0.15) is 5.69 Å². The summed E-state index contributed by atoms with van der Waals surface area (Å²) in [6, 6.07) is 3.21. The van der Waals surface area contributed by atoms with Crippen LogP contribution < -0.4 is 5.56 Å². The van der Waals surface area contributed by atoms with Gasteiger partial charge in [0.05, 0.1) is 17.5 Å². The molecule has 2 saturated heterocycles. The van der Waals surface area contributed by atoms with E-state index < -0.39 is 0 Å². The summed E-state index contributed by atoms with van der Waals surface area (Å²) in [6.45, 7) is 3.93. The minimum atomic E-state index is -0.129. The van der Waals surface area contributed by atoms with Crippen molar-refractivity contribution in [1.82, 2.24) is 24.3 Å². The average Bonchev–Trinajstić information content (AvgIpc) is 2.80. The van der Waals surface area contributed by atoms with Crippen LogP contribution in [-0.4, -0.2) is 61.8 Å². The molecule has 0 aliphatic carbocycles. The molecule has 0 unspecified atom stereocenters. The number of piperidine rings is 2. The zero-order valence-electron chi connectivity index (χ0n) is 18.2. The zero-order valence-corrected chi connectivity index (χ0v) is 18.2. The fourth-order valence-corrected chi connectivity index (χ4v) is 4.74. The van der Waals surface area contributed by atoms with Gasteiger partial charge in [-0.15, -0.1) is 0 Å². The predicted octanol–water partition coefficient (Wildman–Crippen LogP) is 2.03. The smallest absolute Gasteiger partial charge is 0.274 e. The van der Waals surface area contributed by atoms with Crippen LogP contribution in [0.25, 0.3) is 0 Å². The molecule has 2 amide bonds. The number of carbonyl (C=O) groups is 2. The van der Waals surface area contributed by atoms with E-state index in [1.165, 1.54) is 10.6 Å². The van der Waals surface area contributed by atoms with E-state index in [1.54, 1.807) is 31.7 Å². The van der Waals surface area contributed by atoms with Gasteiger partial charge in [-0.25, -0.2) is 4.98 Å². The van der Waals surface area contributed by atoms with Crippen LogP contribution in [0.3, 0.4) is 0 Å². The normalized spacial score (nSPS) is 20.0. The summed E-state index contributed by atoms with van der Waals surface area (Å²) >= 11 is 0. The van der Waals surface area contributed by atoms with Crippen molar-refractivity contribution >= 4 is 11.8 Å². The van der Waals surface area contributed by atoms with Gasteiger partial charge in [-0.05, 0) is 51.0 Å². The summed E-state index contributed by atoms with van der Waals surface area (Å²) < 4.78 is 1.43. The highest BCUT2D eigenvalue weighted by atomic mass is 16.2. The first-order valence-electron chi connectivity index (χ1n) is 11.0. The first-order valence-corrected chi connectivity index (χ1v) is 11.0. The summed E-state index contributed by atoms with van der Waals surface area (Å²) in [5.41, 5.74) is 1.60. The van der Waals surface area contributed by atoms with Crippen LogP contribution in [0, 0.1) is 12.8 Å². The second-order valence-electron chi connectivity index (χ2n) is 8.60. The number of likely N-dealkylation sites (tertiary alicyclic amines) is 2. The Morgan fingerprint density at radius 1 is 0.968 bits per heavy atom. The van der Waals surface area contributed by atoms with Crippen molar-refractivity contribution < 1.29 is 9.59 Å². The van der Waals surface area contributed by atoms with Crippen molar-refractivity contribution in [2.24, 2.45) is 13.0 Å². The maximum absolute atomic E-state index is 13.1. The van der Waals surface area contributed by atoms with Crippen molar-refractivity contribution in [2.45, 2.75) is 45.1 Å². The molecule has 0 bridgehead atoms. The van der Waals surface area contributed by atoms with Crippen LogP contribution in [0.1, 0.15) is 58.6 Å². The monoisotopic (exact) mass is 423 g/mol. The molecule has 0 N–H and O–H groups in total. The number of aromatic nitrogens is 3. The lowest BCUT2D eigenvalue weighted by molar-refractivity contribution is 0.0370. The van der Waals surface area contributed by atoms with Gasteiger partial charge in [-0.3, -0.25) is 19.4 Å². The number of nitrogens with zero attached hydrogens (tertiary/aromatic N) is 5. The van der Waals surface area contributed by atoms with Gasteiger partial charge in [0.15, 0.2) is 0 Å². The molecular weight excluding hydrogens is 394 g/mol. The Hall–Kier alpha value is -3.03. The Morgan fingerprint density at radius 3 is 2.42 bits per heavy atom. The third-order valence-corrected chi connectivity index (χ3v) is 6.51. The summed E-state index contributed by atoms with van der Waals surface area (Å²) in [6.07, 6.45) is 9.65. The lowest BCUT2D eigenvalue weighted by atomic mass is 9.83. The number of hydrogen-bond donors (Lipinski definition) is 0. The molecule has 8 nitrogen and oxygen atoms in total. The Morgan fingerprint density at radius 2 is 1.74 bits per heavy atom. The van der Waals surface area contributed by atoms with E-state index in [0.29, 0.717) is 30.3 Å². The van der Waals surface area contributed by atoms with Gasteiger partial charge in [0.25, 0.3) is 11.8 Å². The lowest BCUT2D eigenvalue weighted by Gasteiger charge is -2.43. The fraction of sp³-hybridized carbons (Fsp3) is 0.522. The molecular formula is C23H29N5O3. The number of hydrogen-bond acceptors (Lipinski definition) is 5. The highest BCUT2D eigenvalue weighted by molar-refractivity contribution is 5.94. The molecule has 4 heterocycles. The van der Waals surface area contributed by atoms with Crippen LogP contribution in [0.5, 0.6) is 0 Å². The molecule has 0 spiro atoms. The summed E-state index contributed by atoms with van der Waals surface area (Å²) in [4.78, 5) is 49.9. The van der Waals surface area contributed by atoms with Gasteiger partial charge in [0, 0.05) is 51.2 Å². The van der Waals surface area contributed by atoms with Gasteiger partial charge in [0.2, 0.25) is 5.56 Å². The Kier molecular flexibility index (Phi) is 6.15. The number of amides is 2. The van der Waals surface area contributed by atoms with E-state index >= 15 is 0 Å². The van der Waals surface area contributed by atoms with Gasteiger partial charge in [-0.2, -0.15) is 0 Å². The van der Waals surface area contributed by atoms with E-state index in [0.717, 1.165) is 44.3 Å². The van der Waals surface area contributed by atoms with E-state index in [1.807, 2.05) is 16.7 Å². The number of pyridine rings is 1. The van der Waals surface area contributed by atoms with Crippen LogP contribution in [0.4, 0.5) is 0 Å². The third-order valence-electron chi connectivity index (χ3n) is 6.51. The Bertz CT molecular complexity index is 1010. The first kappa shape index (κ1) is 21.2. The number of carbonyl (C=O) groups excluding carboxylic acids is 2. The molecule has 2 aliphatic heterocycles. The second-order valence-corrected chi connectivity index (χ2v) is 8.60. The molecule has 0 saturated carbocycles. The largest absolute Gasteiger partial charge is 0.339 e. The molecule has 0 aromatic carbocycles. The first-order chi connectivity index (χ1) is 14.9. The van der Waals surface area contributed by atoms with E-state index in [9.17, 15) is 14.4 Å². The summed E-state index contributed by atoms with van der Waals surface area (Å²) in [5.74, 6) is 0.285. The molecule has 31 heavy (non-hydrogen) atoms. The molecule has 8 heteroatoms. The maximum atomic E-state index is 13.1.